The lowest BCUT2D eigenvalue weighted by atomic mass is 10.0. The minimum Gasteiger partial charge on any atom is -0.383 e. The van der Waals surface area contributed by atoms with E-state index in [4.69, 9.17) is 0 Å². The van der Waals surface area contributed by atoms with Crippen LogP contribution in [0.15, 0.2) is 24.3 Å². The van der Waals surface area contributed by atoms with Gasteiger partial charge in [0.25, 0.3) is 10.2 Å². The van der Waals surface area contributed by atoms with E-state index in [0.717, 1.165) is 17.7 Å². The molecule has 6 heteroatoms. The molecule has 0 bridgehead atoms. The number of hydrogen-bond acceptors (Lipinski definition) is 3. The lowest BCUT2D eigenvalue weighted by Gasteiger charge is -2.27. The second-order valence-corrected chi connectivity index (χ2v) is 6.26. The van der Waals surface area contributed by atoms with Crippen LogP contribution in [0, 0.1) is 0 Å². The van der Waals surface area contributed by atoms with Crippen LogP contribution in [-0.4, -0.2) is 39.4 Å². The van der Waals surface area contributed by atoms with Crippen molar-refractivity contribution in [2.45, 2.75) is 12.5 Å². The normalized spacial score (nSPS) is 19.8. The quantitative estimate of drug-likeness (QED) is 0.823. The molecule has 1 heterocycles. The minimum absolute atomic E-state index is 0.0997. The molecule has 1 atom stereocenters. The molecule has 94 valence electrons. The summed E-state index contributed by atoms with van der Waals surface area (Å²) in [6.45, 7) is 0.615. The topological polar surface area (TPSA) is 61.4 Å². The van der Waals surface area contributed by atoms with Crippen molar-refractivity contribution in [2.24, 2.45) is 0 Å². The van der Waals surface area contributed by atoms with E-state index in [-0.39, 0.29) is 6.04 Å². The first-order chi connectivity index (χ1) is 7.99. The van der Waals surface area contributed by atoms with E-state index >= 15 is 0 Å². The van der Waals surface area contributed by atoms with E-state index < -0.39 is 10.2 Å². The summed E-state index contributed by atoms with van der Waals surface area (Å²) in [7, 11) is -0.316. The average Bonchev–Trinajstić information content (AvgIpc) is 2.28. The lowest BCUT2D eigenvalue weighted by Crippen LogP contribution is -2.47. The van der Waals surface area contributed by atoms with Gasteiger partial charge in [-0.05, 0) is 18.1 Å². The molecule has 1 unspecified atom stereocenters. The van der Waals surface area contributed by atoms with E-state index in [1.807, 2.05) is 24.3 Å². The van der Waals surface area contributed by atoms with Crippen LogP contribution in [0.1, 0.15) is 5.56 Å². The molecule has 0 radical (unpaired) electrons. The third-order valence-corrected chi connectivity index (χ3v) is 4.41. The molecular formula is C11H17N3O2S. The first kappa shape index (κ1) is 12.3. The Morgan fingerprint density at radius 1 is 1.35 bits per heavy atom. The highest BCUT2D eigenvalue weighted by Gasteiger charge is 2.23. The van der Waals surface area contributed by atoms with Crippen LogP contribution in [0.4, 0.5) is 5.69 Å². The van der Waals surface area contributed by atoms with Crippen molar-refractivity contribution in [1.82, 2.24) is 9.03 Å². The Morgan fingerprint density at radius 2 is 2.06 bits per heavy atom. The van der Waals surface area contributed by atoms with Gasteiger partial charge in [-0.1, -0.05) is 18.2 Å². The van der Waals surface area contributed by atoms with Gasteiger partial charge < -0.3 is 5.32 Å². The Hall–Kier alpha value is -1.11. The van der Waals surface area contributed by atoms with E-state index in [2.05, 4.69) is 10.0 Å². The van der Waals surface area contributed by atoms with Crippen LogP contribution in [0.5, 0.6) is 0 Å². The first-order valence-electron chi connectivity index (χ1n) is 5.50. The molecule has 1 aliphatic heterocycles. The zero-order valence-electron chi connectivity index (χ0n) is 9.97. The van der Waals surface area contributed by atoms with Gasteiger partial charge in [-0.15, -0.1) is 0 Å². The maximum absolute atomic E-state index is 11.7. The van der Waals surface area contributed by atoms with Crippen LogP contribution < -0.4 is 10.0 Å². The first-order valence-corrected chi connectivity index (χ1v) is 6.94. The maximum Gasteiger partial charge on any atom is 0.279 e. The average molecular weight is 255 g/mol. The number of hydrogen-bond donors (Lipinski definition) is 2. The van der Waals surface area contributed by atoms with Crippen molar-refractivity contribution in [1.29, 1.82) is 0 Å². The van der Waals surface area contributed by atoms with E-state index in [1.165, 1.54) is 18.4 Å². The van der Waals surface area contributed by atoms with Crippen LogP contribution in [0.3, 0.4) is 0 Å². The molecule has 0 aromatic heterocycles. The summed E-state index contributed by atoms with van der Waals surface area (Å²) in [6, 6.07) is 7.85. The Morgan fingerprint density at radius 3 is 2.76 bits per heavy atom. The number of rotatable bonds is 3. The molecule has 17 heavy (non-hydrogen) atoms. The van der Waals surface area contributed by atoms with Gasteiger partial charge in [0.1, 0.15) is 0 Å². The molecule has 0 saturated heterocycles. The monoisotopic (exact) mass is 255 g/mol. The Labute approximate surface area is 102 Å². The van der Waals surface area contributed by atoms with Gasteiger partial charge >= 0.3 is 0 Å². The molecule has 1 aromatic rings. The summed E-state index contributed by atoms with van der Waals surface area (Å²) in [4.78, 5) is 0. The number of anilines is 1. The second kappa shape index (κ2) is 4.64. The molecular weight excluding hydrogens is 238 g/mol. The number of para-hydroxylation sites is 1. The number of benzene rings is 1. The molecule has 0 fully saturated rings. The highest BCUT2D eigenvalue weighted by atomic mass is 32.2. The van der Waals surface area contributed by atoms with Gasteiger partial charge in [0.05, 0.1) is 0 Å². The van der Waals surface area contributed by atoms with Crippen LogP contribution >= 0.6 is 0 Å². The fraction of sp³-hybridized carbons (Fsp3) is 0.455. The zero-order chi connectivity index (χ0) is 12.5. The van der Waals surface area contributed by atoms with Crippen molar-refractivity contribution in [3.63, 3.8) is 0 Å². The van der Waals surface area contributed by atoms with E-state index in [9.17, 15) is 8.42 Å². The number of nitrogens with one attached hydrogen (secondary N) is 2. The summed E-state index contributed by atoms with van der Waals surface area (Å²) in [5, 5.41) is 3.23. The van der Waals surface area contributed by atoms with Crippen molar-refractivity contribution < 1.29 is 8.42 Å². The van der Waals surface area contributed by atoms with Gasteiger partial charge in [0.15, 0.2) is 0 Å². The summed E-state index contributed by atoms with van der Waals surface area (Å²) < 4.78 is 27.3. The van der Waals surface area contributed by atoms with Crippen LogP contribution in [-0.2, 0) is 16.6 Å². The molecule has 0 amide bonds. The summed E-state index contributed by atoms with van der Waals surface area (Å²) >= 11 is 0. The van der Waals surface area contributed by atoms with Crippen molar-refractivity contribution in [2.75, 3.05) is 26.0 Å². The second-order valence-electron chi connectivity index (χ2n) is 4.34. The Balaban J connectivity index is 2.09. The molecule has 2 N–H and O–H groups in total. The van der Waals surface area contributed by atoms with Gasteiger partial charge in [-0.2, -0.15) is 17.4 Å². The molecule has 1 aromatic carbocycles. The van der Waals surface area contributed by atoms with Crippen LogP contribution in [0.2, 0.25) is 0 Å². The number of fused-ring (bicyclic) bond motifs is 1. The summed E-state index contributed by atoms with van der Waals surface area (Å²) in [5.41, 5.74) is 2.23. The lowest BCUT2D eigenvalue weighted by molar-refractivity contribution is 0.485. The molecule has 2 rings (SSSR count). The molecule has 5 nitrogen and oxygen atoms in total. The predicted molar refractivity (Wildman–Crippen MR) is 68.2 cm³/mol. The van der Waals surface area contributed by atoms with Crippen LogP contribution in [0.25, 0.3) is 0 Å². The fourth-order valence-corrected chi connectivity index (χ4v) is 2.64. The number of nitrogens with zero attached hydrogens (tertiary/aromatic N) is 1. The predicted octanol–water partition coefficient (Wildman–Crippen LogP) is 0.419. The molecule has 0 saturated carbocycles. The van der Waals surface area contributed by atoms with E-state index in [1.54, 1.807) is 0 Å². The van der Waals surface area contributed by atoms with Gasteiger partial charge in [-0.3, -0.25) is 0 Å². The SMILES string of the molecule is CN(C)S(=O)(=O)NC1CNc2ccccc2C1. The van der Waals surface area contributed by atoms with Gasteiger partial charge in [0.2, 0.25) is 0 Å². The fourth-order valence-electron chi connectivity index (χ4n) is 1.84. The Kier molecular flexibility index (Phi) is 3.37. The van der Waals surface area contributed by atoms with Crippen molar-refractivity contribution in [3.05, 3.63) is 29.8 Å². The zero-order valence-corrected chi connectivity index (χ0v) is 10.8. The van der Waals surface area contributed by atoms with Gasteiger partial charge in [-0.25, -0.2) is 0 Å². The van der Waals surface area contributed by atoms with Crippen molar-refractivity contribution in [3.8, 4) is 0 Å². The van der Waals surface area contributed by atoms with Gasteiger partial charge in [0, 0.05) is 32.4 Å². The largest absolute Gasteiger partial charge is 0.383 e. The third-order valence-electron chi connectivity index (χ3n) is 2.82. The smallest absolute Gasteiger partial charge is 0.279 e. The molecule has 0 spiro atoms. The minimum atomic E-state index is -3.36. The highest BCUT2D eigenvalue weighted by molar-refractivity contribution is 7.87. The summed E-state index contributed by atoms with van der Waals surface area (Å²) in [6.07, 6.45) is 0.718. The summed E-state index contributed by atoms with van der Waals surface area (Å²) in [5.74, 6) is 0. The molecule has 0 aliphatic carbocycles. The third kappa shape index (κ3) is 2.77. The highest BCUT2D eigenvalue weighted by Crippen LogP contribution is 2.21. The van der Waals surface area contributed by atoms with Crippen molar-refractivity contribution >= 4 is 15.9 Å². The Bertz CT molecular complexity index is 499. The van der Waals surface area contributed by atoms with E-state index in [0.29, 0.717) is 6.54 Å². The molecule has 1 aliphatic rings. The standard InChI is InChI=1S/C11H17N3O2S/c1-14(2)17(15,16)13-10-7-9-5-3-4-6-11(9)12-8-10/h3-6,10,12-13H,7-8H2,1-2H3. The maximum atomic E-state index is 11.7.